The molecule has 3 aromatic heterocycles. The number of pyridine rings is 1. The number of aromatic nitrogens is 2. The van der Waals surface area contributed by atoms with E-state index in [4.69, 9.17) is 17.0 Å². The number of nitrogens with one attached hydrogen (secondary N) is 2. The Morgan fingerprint density at radius 2 is 1.89 bits per heavy atom. The van der Waals surface area contributed by atoms with Gasteiger partial charge in [0.2, 0.25) is 5.91 Å². The molecule has 0 aliphatic heterocycles. The number of thiophene rings is 1. The van der Waals surface area contributed by atoms with Crippen LogP contribution in [0.3, 0.4) is 0 Å². The van der Waals surface area contributed by atoms with Gasteiger partial charge in [-0.1, -0.05) is 30.3 Å². The first-order chi connectivity index (χ1) is 17.0. The first kappa shape index (κ1) is 23.0. The molecular formula is C25H17FN4O2S3. The summed E-state index contributed by atoms with van der Waals surface area (Å²) in [6.07, 6.45) is 3.57. The minimum atomic E-state index is -0.574. The Morgan fingerprint density at radius 3 is 2.66 bits per heavy atom. The zero-order chi connectivity index (χ0) is 24.2. The number of ether oxygens (including phenoxy) is 1. The maximum Gasteiger partial charge on any atom is 0.230 e. The highest BCUT2D eigenvalue weighted by atomic mass is 32.1. The summed E-state index contributed by atoms with van der Waals surface area (Å²) >= 11 is 8.23. The van der Waals surface area contributed by atoms with Gasteiger partial charge >= 0.3 is 0 Å². The number of halogens is 1. The molecule has 0 aliphatic rings. The number of amides is 1. The van der Waals surface area contributed by atoms with Crippen LogP contribution in [0.15, 0.2) is 78.4 Å². The Bertz CT molecular complexity index is 1500. The minimum Gasteiger partial charge on any atom is -0.453 e. The molecule has 0 atom stereocenters. The fourth-order valence-electron chi connectivity index (χ4n) is 3.34. The molecule has 0 saturated carbocycles. The quantitative estimate of drug-likeness (QED) is 0.252. The smallest absolute Gasteiger partial charge is 0.230 e. The highest BCUT2D eigenvalue weighted by Gasteiger charge is 2.14. The summed E-state index contributed by atoms with van der Waals surface area (Å²) in [6.45, 7) is 0. The van der Waals surface area contributed by atoms with Gasteiger partial charge in [-0.3, -0.25) is 9.78 Å². The Hall–Kier alpha value is -3.73. The van der Waals surface area contributed by atoms with Gasteiger partial charge in [-0.2, -0.15) is 0 Å². The van der Waals surface area contributed by atoms with E-state index in [1.807, 2.05) is 41.8 Å². The molecule has 0 radical (unpaired) electrons. The van der Waals surface area contributed by atoms with E-state index in [1.54, 1.807) is 35.9 Å². The summed E-state index contributed by atoms with van der Waals surface area (Å²) in [5, 5.41) is 8.33. The van der Waals surface area contributed by atoms with Crippen molar-refractivity contribution in [1.29, 1.82) is 0 Å². The van der Waals surface area contributed by atoms with Crippen molar-refractivity contribution < 1.29 is 13.9 Å². The van der Waals surface area contributed by atoms with Crippen LogP contribution >= 0.6 is 34.9 Å². The third-order valence-corrected chi connectivity index (χ3v) is 7.17. The van der Waals surface area contributed by atoms with E-state index in [9.17, 15) is 9.18 Å². The van der Waals surface area contributed by atoms with Gasteiger partial charge < -0.3 is 15.4 Å². The Balaban J connectivity index is 1.26. The van der Waals surface area contributed by atoms with Crippen LogP contribution in [0, 0.1) is 5.82 Å². The summed E-state index contributed by atoms with van der Waals surface area (Å²) in [5.74, 6) is -0.267. The van der Waals surface area contributed by atoms with Gasteiger partial charge in [-0.15, -0.1) is 22.7 Å². The number of benzene rings is 2. The first-order valence-corrected chi connectivity index (χ1v) is 12.6. The number of thiocarbonyl (C=S) groups is 1. The fourth-order valence-corrected chi connectivity index (χ4v) is 5.35. The van der Waals surface area contributed by atoms with Crippen molar-refractivity contribution in [2.24, 2.45) is 0 Å². The Kier molecular flexibility index (Phi) is 6.75. The highest BCUT2D eigenvalue weighted by molar-refractivity contribution is 7.80. The topological polar surface area (TPSA) is 76.1 Å². The molecule has 0 saturated heterocycles. The molecule has 0 aliphatic carbocycles. The number of nitrogens with zero attached hydrogens (tertiary/aromatic N) is 2. The zero-order valence-electron chi connectivity index (χ0n) is 18.0. The molecule has 3 heterocycles. The number of carbonyl (C=O) groups excluding carboxylic acids is 1. The van der Waals surface area contributed by atoms with Gasteiger partial charge in [0.25, 0.3) is 0 Å². The molecule has 0 spiro atoms. The summed E-state index contributed by atoms with van der Waals surface area (Å²) in [7, 11) is 0. The lowest BCUT2D eigenvalue weighted by Crippen LogP contribution is -2.35. The maximum atomic E-state index is 14.8. The third-order valence-electron chi connectivity index (χ3n) is 4.89. The summed E-state index contributed by atoms with van der Waals surface area (Å²) < 4.78 is 21.5. The van der Waals surface area contributed by atoms with Crippen molar-refractivity contribution in [1.82, 2.24) is 15.3 Å². The summed E-state index contributed by atoms with van der Waals surface area (Å²) in [5.41, 5.74) is 2.02. The van der Waals surface area contributed by atoms with Crippen molar-refractivity contribution in [3.63, 3.8) is 0 Å². The monoisotopic (exact) mass is 520 g/mol. The standard InChI is InChI=1S/C25H17FN4O2S3/c26-17-13-16(29-25(33)30-22(31)12-15-4-2-1-3-5-15)6-7-19(17)32-20-8-9-27-18-14-21(35-23(18)20)24-28-10-11-34-24/h1-11,13-14H,12H2,(H2,29,30,31,33). The fraction of sp³-hybridized carbons (Fsp3) is 0.0400. The van der Waals surface area contributed by atoms with Crippen LogP contribution in [0.25, 0.3) is 20.1 Å². The molecule has 0 unspecified atom stereocenters. The predicted molar refractivity (Wildman–Crippen MR) is 142 cm³/mol. The number of hydrogen-bond donors (Lipinski definition) is 2. The van der Waals surface area contributed by atoms with E-state index >= 15 is 0 Å². The number of carbonyl (C=O) groups is 1. The van der Waals surface area contributed by atoms with E-state index in [0.717, 1.165) is 25.7 Å². The summed E-state index contributed by atoms with van der Waals surface area (Å²) in [4.78, 5) is 21.9. The lowest BCUT2D eigenvalue weighted by molar-refractivity contribution is -0.119. The molecular weight excluding hydrogens is 504 g/mol. The molecule has 0 fully saturated rings. The largest absolute Gasteiger partial charge is 0.453 e. The number of anilines is 1. The Labute approximate surface area is 213 Å². The molecule has 35 heavy (non-hydrogen) atoms. The van der Waals surface area contributed by atoms with E-state index in [1.165, 1.54) is 23.5 Å². The van der Waals surface area contributed by atoms with Crippen LogP contribution in [0.4, 0.5) is 10.1 Å². The zero-order valence-corrected chi connectivity index (χ0v) is 20.5. The van der Waals surface area contributed by atoms with Gasteiger partial charge in [0, 0.05) is 35.6 Å². The molecule has 1 amide bonds. The van der Waals surface area contributed by atoms with Crippen LogP contribution in [-0.4, -0.2) is 21.0 Å². The van der Waals surface area contributed by atoms with Crippen molar-refractivity contribution >= 4 is 61.8 Å². The molecule has 0 bridgehead atoms. The second-order valence-electron chi connectivity index (χ2n) is 7.38. The maximum absolute atomic E-state index is 14.8. The number of rotatable bonds is 6. The van der Waals surface area contributed by atoms with E-state index < -0.39 is 5.82 Å². The normalized spacial score (nSPS) is 10.8. The summed E-state index contributed by atoms with van der Waals surface area (Å²) in [6, 6.07) is 17.4. The predicted octanol–water partition coefficient (Wildman–Crippen LogP) is 6.41. The second-order valence-corrected chi connectivity index (χ2v) is 9.74. The molecule has 5 aromatic rings. The van der Waals surface area contributed by atoms with Crippen molar-refractivity contribution in [2.45, 2.75) is 6.42 Å². The molecule has 5 rings (SSSR count). The average molecular weight is 521 g/mol. The minimum absolute atomic E-state index is 0.0614. The van der Waals surface area contributed by atoms with Crippen LogP contribution in [-0.2, 0) is 11.2 Å². The van der Waals surface area contributed by atoms with Crippen molar-refractivity contribution in [3.05, 3.63) is 89.8 Å². The van der Waals surface area contributed by atoms with Gasteiger partial charge in [0.1, 0.15) is 10.8 Å². The second kappa shape index (κ2) is 10.3. The van der Waals surface area contributed by atoms with Crippen LogP contribution in [0.2, 0.25) is 0 Å². The highest BCUT2D eigenvalue weighted by Crippen LogP contribution is 2.40. The third kappa shape index (κ3) is 5.51. The number of fused-ring (bicyclic) bond motifs is 1. The van der Waals surface area contributed by atoms with Gasteiger partial charge in [0.15, 0.2) is 16.7 Å². The number of thiazole rings is 1. The molecule has 6 nitrogen and oxygen atoms in total. The van der Waals surface area contributed by atoms with Crippen molar-refractivity contribution in [3.8, 4) is 21.4 Å². The van der Waals surface area contributed by atoms with Gasteiger partial charge in [0.05, 0.1) is 21.5 Å². The molecule has 2 N–H and O–H groups in total. The van der Waals surface area contributed by atoms with Gasteiger partial charge in [-0.05, 0) is 36.0 Å². The molecule has 174 valence electrons. The SMILES string of the molecule is O=C(Cc1ccccc1)NC(=S)Nc1ccc(Oc2ccnc3cc(-c4nccs4)sc23)c(F)c1. The van der Waals surface area contributed by atoms with Crippen LogP contribution in [0.5, 0.6) is 11.5 Å². The lowest BCUT2D eigenvalue weighted by Gasteiger charge is -2.12. The molecule has 2 aromatic carbocycles. The van der Waals surface area contributed by atoms with E-state index in [0.29, 0.717) is 11.4 Å². The van der Waals surface area contributed by atoms with Crippen molar-refractivity contribution in [2.75, 3.05) is 5.32 Å². The first-order valence-electron chi connectivity index (χ1n) is 10.5. The number of hydrogen-bond acceptors (Lipinski definition) is 7. The average Bonchev–Trinajstić information content (AvgIpc) is 3.51. The lowest BCUT2D eigenvalue weighted by atomic mass is 10.1. The van der Waals surface area contributed by atoms with E-state index in [-0.39, 0.29) is 23.2 Å². The van der Waals surface area contributed by atoms with E-state index in [2.05, 4.69) is 20.6 Å². The van der Waals surface area contributed by atoms with Crippen LogP contribution in [0.1, 0.15) is 5.56 Å². The Morgan fingerprint density at radius 1 is 1.03 bits per heavy atom. The van der Waals surface area contributed by atoms with Gasteiger partial charge in [-0.25, -0.2) is 9.37 Å². The van der Waals surface area contributed by atoms with Crippen LogP contribution < -0.4 is 15.4 Å². The molecule has 10 heteroatoms.